The topological polar surface area (TPSA) is 47.3 Å². The van der Waals surface area contributed by atoms with Crippen molar-refractivity contribution in [2.45, 2.75) is 44.2 Å². The summed E-state index contributed by atoms with van der Waals surface area (Å²) in [6.45, 7) is 0.817. The summed E-state index contributed by atoms with van der Waals surface area (Å²) in [7, 11) is 0. The molecule has 1 aliphatic rings. The predicted octanol–water partition coefficient (Wildman–Crippen LogP) is 2.81. The van der Waals surface area contributed by atoms with Crippen molar-refractivity contribution in [3.05, 3.63) is 34.6 Å². The summed E-state index contributed by atoms with van der Waals surface area (Å²) in [4.78, 5) is 0. The van der Waals surface area contributed by atoms with Gasteiger partial charge in [0.1, 0.15) is 5.82 Å². The third-order valence-corrected chi connectivity index (χ3v) is 3.77. The number of nitrogens with one attached hydrogen (secondary N) is 1. The SMILES string of the molecule is NNC(Cc1ccc(Cl)cc1F)CC1CCCCO1. The van der Waals surface area contributed by atoms with Crippen LogP contribution in [0.2, 0.25) is 5.02 Å². The minimum atomic E-state index is -0.280. The molecule has 2 rings (SSSR count). The average Bonchev–Trinajstić information content (AvgIpc) is 2.42. The highest BCUT2D eigenvalue weighted by molar-refractivity contribution is 6.30. The summed E-state index contributed by atoms with van der Waals surface area (Å²) < 4.78 is 19.4. The highest BCUT2D eigenvalue weighted by Gasteiger charge is 2.20. The molecular formula is C14H20ClFN2O. The molecule has 0 saturated carbocycles. The summed E-state index contributed by atoms with van der Waals surface area (Å²) in [6.07, 6.45) is 4.95. The first kappa shape index (κ1) is 14.7. The monoisotopic (exact) mass is 286 g/mol. The minimum absolute atomic E-state index is 0.0128. The molecule has 5 heteroatoms. The molecule has 3 N–H and O–H groups in total. The predicted molar refractivity (Wildman–Crippen MR) is 74.4 cm³/mol. The molecule has 2 atom stereocenters. The fraction of sp³-hybridized carbons (Fsp3) is 0.571. The molecule has 2 unspecified atom stereocenters. The molecule has 1 aromatic rings. The minimum Gasteiger partial charge on any atom is -0.378 e. The standard InChI is InChI=1S/C14H20ClFN2O/c15-11-5-4-10(14(16)8-11)7-12(18-17)9-13-3-1-2-6-19-13/h4-5,8,12-13,18H,1-3,6-7,9,17H2. The number of nitrogens with two attached hydrogens (primary N) is 1. The fourth-order valence-corrected chi connectivity index (χ4v) is 2.63. The largest absolute Gasteiger partial charge is 0.378 e. The van der Waals surface area contributed by atoms with E-state index in [-0.39, 0.29) is 18.0 Å². The number of benzene rings is 1. The van der Waals surface area contributed by atoms with Crippen LogP contribution in [0.5, 0.6) is 0 Å². The van der Waals surface area contributed by atoms with Crippen LogP contribution in [0.3, 0.4) is 0 Å². The molecule has 0 spiro atoms. The second kappa shape index (κ2) is 7.20. The molecule has 1 saturated heterocycles. The summed E-state index contributed by atoms with van der Waals surface area (Å²) in [5.41, 5.74) is 3.39. The van der Waals surface area contributed by atoms with E-state index in [4.69, 9.17) is 22.2 Å². The van der Waals surface area contributed by atoms with E-state index in [0.29, 0.717) is 17.0 Å². The number of hydrogen-bond acceptors (Lipinski definition) is 3. The van der Waals surface area contributed by atoms with Crippen molar-refractivity contribution in [3.8, 4) is 0 Å². The summed E-state index contributed by atoms with van der Waals surface area (Å²) in [5.74, 6) is 5.28. The van der Waals surface area contributed by atoms with Crippen LogP contribution in [0.25, 0.3) is 0 Å². The van der Waals surface area contributed by atoms with E-state index in [1.807, 2.05) is 0 Å². The Balaban J connectivity index is 1.94. The Morgan fingerprint density at radius 1 is 1.47 bits per heavy atom. The van der Waals surface area contributed by atoms with Crippen LogP contribution in [0.4, 0.5) is 4.39 Å². The van der Waals surface area contributed by atoms with Crippen LogP contribution in [0, 0.1) is 5.82 Å². The zero-order chi connectivity index (χ0) is 13.7. The zero-order valence-corrected chi connectivity index (χ0v) is 11.6. The van der Waals surface area contributed by atoms with E-state index in [1.54, 1.807) is 12.1 Å². The van der Waals surface area contributed by atoms with Crippen molar-refractivity contribution >= 4 is 11.6 Å². The first-order valence-electron chi connectivity index (χ1n) is 6.70. The van der Waals surface area contributed by atoms with Crippen molar-refractivity contribution in [1.82, 2.24) is 5.43 Å². The fourth-order valence-electron chi connectivity index (χ4n) is 2.47. The Bertz CT molecular complexity index is 410. The van der Waals surface area contributed by atoms with E-state index in [9.17, 15) is 4.39 Å². The Morgan fingerprint density at radius 2 is 2.32 bits per heavy atom. The van der Waals surface area contributed by atoms with Crippen molar-refractivity contribution in [3.63, 3.8) is 0 Å². The van der Waals surface area contributed by atoms with Gasteiger partial charge in [-0.2, -0.15) is 0 Å². The number of rotatable bonds is 5. The van der Waals surface area contributed by atoms with Gasteiger partial charge in [-0.15, -0.1) is 0 Å². The molecule has 3 nitrogen and oxygen atoms in total. The van der Waals surface area contributed by atoms with Crippen LogP contribution in [0.15, 0.2) is 18.2 Å². The van der Waals surface area contributed by atoms with E-state index in [0.717, 1.165) is 25.9 Å². The highest BCUT2D eigenvalue weighted by atomic mass is 35.5. The van der Waals surface area contributed by atoms with E-state index in [2.05, 4.69) is 5.43 Å². The van der Waals surface area contributed by atoms with Crippen LogP contribution in [0.1, 0.15) is 31.2 Å². The van der Waals surface area contributed by atoms with Crippen molar-refractivity contribution in [2.24, 2.45) is 5.84 Å². The Kier molecular flexibility index (Phi) is 5.58. The summed E-state index contributed by atoms with van der Waals surface area (Å²) in [6, 6.07) is 4.76. The highest BCUT2D eigenvalue weighted by Crippen LogP contribution is 2.20. The number of halogens is 2. The Morgan fingerprint density at radius 3 is 2.95 bits per heavy atom. The molecule has 19 heavy (non-hydrogen) atoms. The van der Waals surface area contributed by atoms with Gasteiger partial charge in [0.2, 0.25) is 0 Å². The average molecular weight is 287 g/mol. The van der Waals surface area contributed by atoms with Gasteiger partial charge in [0.15, 0.2) is 0 Å². The van der Waals surface area contributed by atoms with Gasteiger partial charge >= 0.3 is 0 Å². The first-order valence-corrected chi connectivity index (χ1v) is 7.08. The maximum absolute atomic E-state index is 13.7. The Hall–Kier alpha value is -0.680. The zero-order valence-electron chi connectivity index (χ0n) is 10.9. The number of ether oxygens (including phenoxy) is 1. The number of hydrazine groups is 1. The van der Waals surface area contributed by atoms with Crippen LogP contribution in [-0.4, -0.2) is 18.8 Å². The van der Waals surface area contributed by atoms with Gasteiger partial charge in [0, 0.05) is 17.7 Å². The lowest BCUT2D eigenvalue weighted by atomic mass is 9.97. The Labute approximate surface area is 118 Å². The second-order valence-electron chi connectivity index (χ2n) is 5.03. The third kappa shape index (κ3) is 4.42. The van der Waals surface area contributed by atoms with Crippen molar-refractivity contribution in [1.29, 1.82) is 0 Å². The van der Waals surface area contributed by atoms with Crippen molar-refractivity contribution in [2.75, 3.05) is 6.61 Å². The summed E-state index contributed by atoms with van der Waals surface area (Å²) in [5, 5.41) is 0.411. The maximum atomic E-state index is 13.7. The van der Waals surface area contributed by atoms with Gasteiger partial charge in [-0.05, 0) is 49.8 Å². The van der Waals surface area contributed by atoms with Crippen molar-refractivity contribution < 1.29 is 9.13 Å². The number of hydrogen-bond donors (Lipinski definition) is 2. The maximum Gasteiger partial charge on any atom is 0.127 e. The van der Waals surface area contributed by atoms with Gasteiger partial charge in [-0.25, -0.2) is 4.39 Å². The molecule has 106 valence electrons. The molecule has 1 heterocycles. The second-order valence-corrected chi connectivity index (χ2v) is 5.46. The molecule has 0 aromatic heterocycles. The van der Waals surface area contributed by atoms with E-state index in [1.165, 1.54) is 12.5 Å². The lowest BCUT2D eigenvalue weighted by molar-refractivity contribution is 0.00519. The van der Waals surface area contributed by atoms with Gasteiger partial charge in [0.25, 0.3) is 0 Å². The van der Waals surface area contributed by atoms with E-state index >= 15 is 0 Å². The molecule has 1 aliphatic heterocycles. The lowest BCUT2D eigenvalue weighted by Gasteiger charge is -2.26. The smallest absolute Gasteiger partial charge is 0.127 e. The van der Waals surface area contributed by atoms with Crippen LogP contribution >= 0.6 is 11.6 Å². The molecule has 0 radical (unpaired) electrons. The van der Waals surface area contributed by atoms with Crippen LogP contribution < -0.4 is 11.3 Å². The lowest BCUT2D eigenvalue weighted by Crippen LogP contribution is -2.40. The molecule has 0 amide bonds. The van der Waals surface area contributed by atoms with Crippen LogP contribution in [-0.2, 0) is 11.2 Å². The van der Waals surface area contributed by atoms with Gasteiger partial charge in [-0.1, -0.05) is 17.7 Å². The normalized spacial score (nSPS) is 21.3. The van der Waals surface area contributed by atoms with E-state index < -0.39 is 0 Å². The van der Waals surface area contributed by atoms with Gasteiger partial charge in [0.05, 0.1) is 6.10 Å². The van der Waals surface area contributed by atoms with Gasteiger partial charge in [-0.3, -0.25) is 11.3 Å². The molecule has 0 bridgehead atoms. The van der Waals surface area contributed by atoms with Gasteiger partial charge < -0.3 is 4.74 Å². The molecular weight excluding hydrogens is 267 g/mol. The quantitative estimate of drug-likeness (QED) is 0.646. The first-order chi connectivity index (χ1) is 9.19. The third-order valence-electron chi connectivity index (χ3n) is 3.54. The molecule has 1 fully saturated rings. The molecule has 1 aromatic carbocycles. The summed E-state index contributed by atoms with van der Waals surface area (Å²) >= 11 is 5.74. The molecule has 0 aliphatic carbocycles.